The third-order valence-corrected chi connectivity index (χ3v) is 5.34. The van der Waals surface area contributed by atoms with Gasteiger partial charge in [0.1, 0.15) is 0 Å². The highest BCUT2D eigenvalue weighted by atomic mass is 16.3. The minimum Gasteiger partial charge on any atom is -0.393 e. The summed E-state index contributed by atoms with van der Waals surface area (Å²) < 4.78 is 0. The molecule has 2 saturated carbocycles. The zero-order valence-corrected chi connectivity index (χ0v) is 12.0. The lowest BCUT2D eigenvalue weighted by molar-refractivity contribution is 0.0289. The van der Waals surface area contributed by atoms with E-state index in [0.717, 1.165) is 49.4 Å². The molecule has 2 aliphatic rings. The molecule has 0 heterocycles. The molecule has 0 aromatic carbocycles. The van der Waals surface area contributed by atoms with E-state index in [9.17, 15) is 10.2 Å². The van der Waals surface area contributed by atoms with Gasteiger partial charge >= 0.3 is 0 Å². The van der Waals surface area contributed by atoms with E-state index >= 15 is 0 Å². The molecule has 0 aromatic heterocycles. The van der Waals surface area contributed by atoms with Crippen molar-refractivity contribution in [3.63, 3.8) is 0 Å². The van der Waals surface area contributed by atoms with Gasteiger partial charge in [0.05, 0.1) is 12.2 Å². The third kappa shape index (κ3) is 3.48. The molecule has 0 spiro atoms. The highest BCUT2D eigenvalue weighted by Gasteiger charge is 2.35. The maximum absolute atomic E-state index is 9.66. The second kappa shape index (κ2) is 6.38. The fourth-order valence-electron chi connectivity index (χ4n) is 4.45. The molecule has 106 valence electrons. The molecule has 18 heavy (non-hydrogen) atoms. The van der Waals surface area contributed by atoms with Crippen molar-refractivity contribution >= 4 is 0 Å². The van der Waals surface area contributed by atoms with Crippen LogP contribution in [0.3, 0.4) is 0 Å². The lowest BCUT2D eigenvalue weighted by Crippen LogP contribution is -2.35. The van der Waals surface area contributed by atoms with Crippen molar-refractivity contribution < 1.29 is 10.2 Å². The van der Waals surface area contributed by atoms with Crippen molar-refractivity contribution in [3.05, 3.63) is 0 Å². The highest BCUT2D eigenvalue weighted by molar-refractivity contribution is 4.86. The van der Waals surface area contributed by atoms with E-state index in [-0.39, 0.29) is 12.2 Å². The van der Waals surface area contributed by atoms with E-state index in [4.69, 9.17) is 0 Å². The molecule has 2 nitrogen and oxygen atoms in total. The Bertz CT molecular complexity index is 213. The van der Waals surface area contributed by atoms with Crippen molar-refractivity contribution in [1.29, 1.82) is 0 Å². The predicted octanol–water partition coefficient (Wildman–Crippen LogP) is 3.36. The minimum absolute atomic E-state index is 0.0396. The summed E-state index contributed by atoms with van der Waals surface area (Å²) >= 11 is 0. The molecule has 2 rings (SSSR count). The van der Waals surface area contributed by atoms with Gasteiger partial charge < -0.3 is 10.2 Å². The SMILES string of the molecule is CC(C)C(C1CCC(O)CC1)C1CCC(O)CC1. The number of hydrogen-bond acceptors (Lipinski definition) is 2. The molecule has 2 aliphatic carbocycles. The second-order valence-corrected chi connectivity index (χ2v) is 6.96. The van der Waals surface area contributed by atoms with Crippen LogP contribution in [0.1, 0.15) is 65.2 Å². The number of aliphatic hydroxyl groups excluding tert-OH is 2. The lowest BCUT2D eigenvalue weighted by atomic mass is 9.65. The normalized spacial score (nSPS) is 39.8. The summed E-state index contributed by atoms with van der Waals surface area (Å²) in [6, 6.07) is 0. The first kappa shape index (κ1) is 14.3. The van der Waals surface area contributed by atoms with Gasteiger partial charge in [-0.05, 0) is 75.0 Å². The maximum Gasteiger partial charge on any atom is 0.0540 e. The lowest BCUT2D eigenvalue weighted by Gasteiger charge is -2.41. The van der Waals surface area contributed by atoms with Gasteiger partial charge in [0, 0.05) is 0 Å². The quantitative estimate of drug-likeness (QED) is 0.810. The summed E-state index contributed by atoms with van der Waals surface area (Å²) in [6.07, 6.45) is 8.78. The molecule has 0 bridgehead atoms. The molecule has 2 N–H and O–H groups in total. The Morgan fingerprint density at radius 1 is 0.667 bits per heavy atom. The van der Waals surface area contributed by atoms with Gasteiger partial charge in [-0.25, -0.2) is 0 Å². The highest BCUT2D eigenvalue weighted by Crippen LogP contribution is 2.43. The van der Waals surface area contributed by atoms with Crippen molar-refractivity contribution in [2.24, 2.45) is 23.7 Å². The fraction of sp³-hybridized carbons (Fsp3) is 1.00. The Balaban J connectivity index is 1.95. The molecule has 0 unspecified atom stereocenters. The van der Waals surface area contributed by atoms with E-state index in [0.29, 0.717) is 0 Å². The molecule has 2 heteroatoms. The van der Waals surface area contributed by atoms with Crippen LogP contribution in [0, 0.1) is 23.7 Å². The summed E-state index contributed by atoms with van der Waals surface area (Å²) in [4.78, 5) is 0. The van der Waals surface area contributed by atoms with Gasteiger partial charge in [0.15, 0.2) is 0 Å². The van der Waals surface area contributed by atoms with Crippen molar-refractivity contribution in [2.75, 3.05) is 0 Å². The van der Waals surface area contributed by atoms with E-state index in [1.165, 1.54) is 25.7 Å². The topological polar surface area (TPSA) is 40.5 Å². The first-order valence-electron chi connectivity index (χ1n) is 7.94. The van der Waals surface area contributed by atoms with E-state index in [1.54, 1.807) is 0 Å². The van der Waals surface area contributed by atoms with Gasteiger partial charge in [0.25, 0.3) is 0 Å². The summed E-state index contributed by atoms with van der Waals surface area (Å²) in [6.45, 7) is 4.72. The molecule has 0 radical (unpaired) electrons. The van der Waals surface area contributed by atoms with E-state index < -0.39 is 0 Å². The number of aliphatic hydroxyl groups is 2. The molecular weight excluding hydrogens is 224 g/mol. The second-order valence-electron chi connectivity index (χ2n) is 6.96. The monoisotopic (exact) mass is 254 g/mol. The van der Waals surface area contributed by atoms with Crippen molar-refractivity contribution in [3.8, 4) is 0 Å². The van der Waals surface area contributed by atoms with Gasteiger partial charge in [-0.3, -0.25) is 0 Å². The Morgan fingerprint density at radius 2 is 1.00 bits per heavy atom. The summed E-state index contributed by atoms with van der Waals surface area (Å²) in [7, 11) is 0. The van der Waals surface area contributed by atoms with Crippen LogP contribution in [-0.4, -0.2) is 22.4 Å². The van der Waals surface area contributed by atoms with Gasteiger partial charge in [-0.1, -0.05) is 13.8 Å². The molecule has 0 aromatic rings. The zero-order chi connectivity index (χ0) is 13.1. The van der Waals surface area contributed by atoms with Crippen LogP contribution in [-0.2, 0) is 0 Å². The minimum atomic E-state index is -0.0396. The summed E-state index contributed by atoms with van der Waals surface area (Å²) in [5, 5.41) is 19.3. The first-order valence-corrected chi connectivity index (χ1v) is 7.94. The van der Waals surface area contributed by atoms with Crippen LogP contribution in [0.5, 0.6) is 0 Å². The van der Waals surface area contributed by atoms with Crippen molar-refractivity contribution in [1.82, 2.24) is 0 Å². The van der Waals surface area contributed by atoms with Gasteiger partial charge in [-0.2, -0.15) is 0 Å². The third-order valence-electron chi connectivity index (χ3n) is 5.34. The van der Waals surface area contributed by atoms with Crippen molar-refractivity contribution in [2.45, 2.75) is 77.4 Å². The van der Waals surface area contributed by atoms with E-state index in [1.807, 2.05) is 0 Å². The molecule has 0 aliphatic heterocycles. The Labute approximate surface area is 112 Å². The zero-order valence-electron chi connectivity index (χ0n) is 12.0. The van der Waals surface area contributed by atoms with Crippen LogP contribution < -0.4 is 0 Å². The Hall–Kier alpha value is -0.0800. The van der Waals surface area contributed by atoms with Crippen LogP contribution in [0.25, 0.3) is 0 Å². The molecule has 0 atom stereocenters. The number of hydrogen-bond donors (Lipinski definition) is 2. The van der Waals surface area contributed by atoms with E-state index in [2.05, 4.69) is 13.8 Å². The van der Waals surface area contributed by atoms with Crippen LogP contribution in [0.2, 0.25) is 0 Å². The van der Waals surface area contributed by atoms with Crippen LogP contribution >= 0.6 is 0 Å². The summed E-state index contributed by atoms with van der Waals surface area (Å²) in [5.41, 5.74) is 0. The van der Waals surface area contributed by atoms with Gasteiger partial charge in [0.2, 0.25) is 0 Å². The van der Waals surface area contributed by atoms with Crippen LogP contribution in [0.4, 0.5) is 0 Å². The molecular formula is C16H30O2. The Kier molecular flexibility index (Phi) is 5.08. The average molecular weight is 254 g/mol. The smallest absolute Gasteiger partial charge is 0.0540 e. The maximum atomic E-state index is 9.66. The number of rotatable bonds is 3. The van der Waals surface area contributed by atoms with Gasteiger partial charge in [-0.15, -0.1) is 0 Å². The average Bonchev–Trinajstić information content (AvgIpc) is 2.34. The largest absolute Gasteiger partial charge is 0.393 e. The predicted molar refractivity (Wildman–Crippen MR) is 74.3 cm³/mol. The first-order chi connectivity index (χ1) is 8.58. The Morgan fingerprint density at radius 3 is 1.28 bits per heavy atom. The molecule has 0 saturated heterocycles. The standard InChI is InChI=1S/C16H30O2/c1-11(2)16(12-3-7-14(17)8-4-12)13-5-9-15(18)10-6-13/h11-18H,3-10H2,1-2H3. The molecule has 2 fully saturated rings. The van der Waals surface area contributed by atoms with Crippen LogP contribution in [0.15, 0.2) is 0 Å². The molecule has 0 amide bonds. The fourth-order valence-corrected chi connectivity index (χ4v) is 4.45. The summed E-state index contributed by atoms with van der Waals surface area (Å²) in [5.74, 6) is 3.18.